The van der Waals surface area contributed by atoms with E-state index in [9.17, 15) is 15.2 Å². The van der Waals surface area contributed by atoms with Crippen molar-refractivity contribution in [3.63, 3.8) is 0 Å². The third kappa shape index (κ3) is 3.99. The van der Waals surface area contributed by atoms with Crippen molar-refractivity contribution in [1.29, 1.82) is 5.26 Å². The Labute approximate surface area is 180 Å². The first-order valence-electron chi connectivity index (χ1n) is 9.38. The van der Waals surface area contributed by atoms with Crippen LogP contribution in [0.1, 0.15) is 37.3 Å². The van der Waals surface area contributed by atoms with Crippen LogP contribution < -0.4 is 5.32 Å². The molecule has 0 fully saturated rings. The highest BCUT2D eigenvalue weighted by atomic mass is 35.5. The van der Waals surface area contributed by atoms with E-state index in [4.69, 9.17) is 23.2 Å². The van der Waals surface area contributed by atoms with E-state index in [1.165, 1.54) is 0 Å². The van der Waals surface area contributed by atoms with E-state index in [1.807, 2.05) is 37.3 Å². The van der Waals surface area contributed by atoms with Crippen molar-refractivity contribution in [2.45, 2.75) is 38.6 Å². The molecule has 0 bridgehead atoms. The Bertz CT molecular complexity index is 998. The second-order valence-electron chi connectivity index (χ2n) is 7.56. The van der Waals surface area contributed by atoms with Crippen LogP contribution in [-0.2, 0) is 11.2 Å². The fraction of sp³-hybridized carbons (Fsp3) is 0.304. The van der Waals surface area contributed by atoms with Gasteiger partial charge in [0.15, 0.2) is 0 Å². The number of hydrogen-bond donors (Lipinski definition) is 2. The number of rotatable bonds is 5. The summed E-state index contributed by atoms with van der Waals surface area (Å²) in [6, 6.07) is 16.8. The zero-order valence-corrected chi connectivity index (χ0v) is 17.8. The van der Waals surface area contributed by atoms with Gasteiger partial charge in [-0.05, 0) is 49.9 Å². The maximum atomic E-state index is 12.6. The van der Waals surface area contributed by atoms with Crippen molar-refractivity contribution in [1.82, 2.24) is 5.32 Å². The van der Waals surface area contributed by atoms with Crippen LogP contribution in [0.4, 0.5) is 0 Å². The van der Waals surface area contributed by atoms with Gasteiger partial charge in [0.1, 0.15) is 0 Å². The average molecular weight is 429 g/mol. The molecule has 0 saturated heterocycles. The van der Waals surface area contributed by atoms with Gasteiger partial charge in [-0.1, -0.05) is 59.6 Å². The summed E-state index contributed by atoms with van der Waals surface area (Å²) in [5, 5.41) is 24.3. The van der Waals surface area contributed by atoms with E-state index in [1.54, 1.807) is 25.1 Å². The summed E-state index contributed by atoms with van der Waals surface area (Å²) in [7, 11) is 0. The summed E-state index contributed by atoms with van der Waals surface area (Å²) < 4.78 is 0. The highest BCUT2D eigenvalue weighted by Crippen LogP contribution is 2.50. The Morgan fingerprint density at radius 3 is 2.52 bits per heavy atom. The van der Waals surface area contributed by atoms with Crippen LogP contribution in [0.3, 0.4) is 0 Å². The van der Waals surface area contributed by atoms with Crippen LogP contribution >= 0.6 is 23.2 Å². The minimum absolute atomic E-state index is 0.360. The number of aliphatic carboxylic acids is 1. The number of nitriles is 1. The van der Waals surface area contributed by atoms with Crippen molar-refractivity contribution in [3.8, 4) is 6.07 Å². The smallest absolute Gasteiger partial charge is 0.312 e. The molecule has 3 rings (SSSR count). The molecular formula is C23H22Cl2N2O2. The molecule has 1 aliphatic rings. The lowest BCUT2D eigenvalue weighted by Gasteiger charge is -2.46. The van der Waals surface area contributed by atoms with Crippen molar-refractivity contribution >= 4 is 29.2 Å². The molecule has 3 atom stereocenters. The third-order valence-electron chi connectivity index (χ3n) is 5.83. The van der Waals surface area contributed by atoms with Crippen molar-refractivity contribution in [2.24, 2.45) is 5.41 Å². The number of halogens is 2. The minimum Gasteiger partial charge on any atom is -0.481 e. The lowest BCUT2D eigenvalue weighted by atomic mass is 9.62. The van der Waals surface area contributed by atoms with Gasteiger partial charge in [-0.2, -0.15) is 5.26 Å². The first-order valence-corrected chi connectivity index (χ1v) is 10.1. The van der Waals surface area contributed by atoms with E-state index in [2.05, 4.69) is 11.4 Å². The van der Waals surface area contributed by atoms with Gasteiger partial charge in [-0.3, -0.25) is 4.79 Å². The molecule has 3 unspecified atom stereocenters. The lowest BCUT2D eigenvalue weighted by Crippen LogP contribution is -2.55. The standard InChI is InChI=1S/C23H22Cl2N2O2/c1-14-18(13-26)21(17-10-9-16(24)12-19(17)25)23(2,22(28)29)20(27-14)11-8-15-6-4-3-5-7-15/h3-7,9-10,12,20-21,27H,8,11H2,1-2H3,(H,28,29). The van der Waals surface area contributed by atoms with Crippen molar-refractivity contribution in [2.75, 3.05) is 0 Å². The fourth-order valence-corrected chi connectivity index (χ4v) is 4.69. The SMILES string of the molecule is CC1=C(C#N)C(c2ccc(Cl)cc2Cl)C(C)(C(=O)O)C(CCc2ccccc2)N1. The summed E-state index contributed by atoms with van der Waals surface area (Å²) in [6.45, 7) is 3.50. The van der Waals surface area contributed by atoms with Gasteiger partial charge in [-0.25, -0.2) is 0 Å². The molecule has 0 amide bonds. The number of carboxylic acids is 1. The zero-order chi connectivity index (χ0) is 21.2. The zero-order valence-electron chi connectivity index (χ0n) is 16.2. The summed E-state index contributed by atoms with van der Waals surface area (Å²) in [5.41, 5.74) is 1.53. The van der Waals surface area contributed by atoms with Gasteiger partial charge in [0.25, 0.3) is 0 Å². The van der Waals surface area contributed by atoms with Crippen molar-refractivity contribution < 1.29 is 9.90 Å². The molecule has 2 N–H and O–H groups in total. The molecule has 1 aliphatic heterocycles. The summed E-state index contributed by atoms with van der Waals surface area (Å²) in [5.74, 6) is -1.66. The number of allylic oxidation sites excluding steroid dienone is 2. The van der Waals surface area contributed by atoms with E-state index >= 15 is 0 Å². The van der Waals surface area contributed by atoms with Crippen LogP contribution in [0.25, 0.3) is 0 Å². The molecular weight excluding hydrogens is 407 g/mol. The number of nitrogens with one attached hydrogen (secondary N) is 1. The molecule has 2 aromatic rings. The van der Waals surface area contributed by atoms with Gasteiger partial charge in [0.05, 0.1) is 17.1 Å². The number of hydrogen-bond acceptors (Lipinski definition) is 3. The number of benzene rings is 2. The van der Waals surface area contributed by atoms with E-state index in [0.717, 1.165) is 12.0 Å². The van der Waals surface area contributed by atoms with Gasteiger partial charge < -0.3 is 10.4 Å². The van der Waals surface area contributed by atoms with E-state index < -0.39 is 17.3 Å². The molecule has 4 nitrogen and oxygen atoms in total. The average Bonchev–Trinajstić information content (AvgIpc) is 2.69. The molecule has 6 heteroatoms. The second kappa shape index (κ2) is 8.49. The van der Waals surface area contributed by atoms with Gasteiger partial charge >= 0.3 is 5.97 Å². The minimum atomic E-state index is -1.27. The highest BCUT2D eigenvalue weighted by molar-refractivity contribution is 6.35. The number of carbonyl (C=O) groups is 1. The molecule has 29 heavy (non-hydrogen) atoms. The Morgan fingerprint density at radius 1 is 1.24 bits per heavy atom. The Morgan fingerprint density at radius 2 is 1.93 bits per heavy atom. The van der Waals surface area contributed by atoms with E-state index in [-0.39, 0.29) is 6.04 Å². The van der Waals surface area contributed by atoms with Crippen LogP contribution in [0.5, 0.6) is 0 Å². The van der Waals surface area contributed by atoms with Crippen molar-refractivity contribution in [3.05, 3.63) is 81.0 Å². The molecule has 1 heterocycles. The quantitative estimate of drug-likeness (QED) is 0.652. The Balaban J connectivity index is 2.09. The normalized spacial score (nSPS) is 24.0. The summed E-state index contributed by atoms with van der Waals surface area (Å²) in [4.78, 5) is 12.6. The fourth-order valence-electron chi connectivity index (χ4n) is 4.17. The molecule has 0 spiro atoms. The molecule has 0 saturated carbocycles. The number of aryl methyl sites for hydroxylation is 1. The first-order chi connectivity index (χ1) is 13.8. The number of nitrogens with zero attached hydrogens (tertiary/aromatic N) is 1. The summed E-state index contributed by atoms with van der Waals surface area (Å²) >= 11 is 12.5. The Kier molecular flexibility index (Phi) is 6.21. The predicted octanol–water partition coefficient (Wildman–Crippen LogP) is 5.57. The molecule has 150 valence electrons. The van der Waals surface area contributed by atoms with Gasteiger partial charge in [-0.15, -0.1) is 0 Å². The summed E-state index contributed by atoms with van der Waals surface area (Å²) in [6.07, 6.45) is 1.32. The number of carboxylic acid groups (broad SMARTS) is 1. The monoisotopic (exact) mass is 428 g/mol. The largest absolute Gasteiger partial charge is 0.481 e. The van der Waals surface area contributed by atoms with Crippen LogP contribution in [0, 0.1) is 16.7 Å². The maximum absolute atomic E-state index is 12.6. The van der Waals surface area contributed by atoms with E-state index in [0.29, 0.717) is 33.3 Å². The lowest BCUT2D eigenvalue weighted by molar-refractivity contribution is -0.151. The Hall–Kier alpha value is -2.48. The molecule has 2 aromatic carbocycles. The second-order valence-corrected chi connectivity index (χ2v) is 8.40. The van der Waals surface area contributed by atoms with Gasteiger partial charge in [0.2, 0.25) is 0 Å². The highest BCUT2D eigenvalue weighted by Gasteiger charge is 2.53. The predicted molar refractivity (Wildman–Crippen MR) is 115 cm³/mol. The van der Waals surface area contributed by atoms with Crippen LogP contribution in [0.15, 0.2) is 59.8 Å². The topological polar surface area (TPSA) is 73.1 Å². The molecule has 0 aromatic heterocycles. The van der Waals surface area contributed by atoms with Crippen LogP contribution in [0.2, 0.25) is 10.0 Å². The molecule has 0 radical (unpaired) electrons. The maximum Gasteiger partial charge on any atom is 0.312 e. The van der Waals surface area contributed by atoms with Crippen LogP contribution in [-0.4, -0.2) is 17.1 Å². The molecule has 0 aliphatic carbocycles. The first kappa shape index (κ1) is 21.2. The van der Waals surface area contributed by atoms with Gasteiger partial charge in [0, 0.05) is 27.7 Å². The third-order valence-corrected chi connectivity index (χ3v) is 6.39.